The van der Waals surface area contributed by atoms with Gasteiger partial charge in [-0.3, -0.25) is 0 Å². The molecule has 1 aromatic rings. The summed E-state index contributed by atoms with van der Waals surface area (Å²) in [6, 6.07) is 5.45. The molecule has 0 spiro atoms. The highest BCUT2D eigenvalue weighted by molar-refractivity contribution is 9.10. The molecular formula is C12H14BrN3. The van der Waals surface area contributed by atoms with Crippen molar-refractivity contribution in [1.82, 2.24) is 4.90 Å². The predicted octanol–water partition coefficient (Wildman–Crippen LogP) is 2.07. The SMILES string of the molecule is [2H]C([2H])([2H])N1C([2H])([2H])C([2H])([2H])N(c2ccc(Br)cc2C#N)C([2H])([2H])C1([2H])[2H]. The second-order valence-electron chi connectivity index (χ2n) is 2.89. The van der Waals surface area contributed by atoms with Gasteiger partial charge in [0.15, 0.2) is 0 Å². The first-order chi connectivity index (χ1) is 11.9. The molecule has 1 aromatic carbocycles. The van der Waals surface area contributed by atoms with E-state index in [1.165, 1.54) is 12.1 Å². The fourth-order valence-corrected chi connectivity index (χ4v) is 1.53. The van der Waals surface area contributed by atoms with Crippen molar-refractivity contribution in [3.8, 4) is 6.07 Å². The summed E-state index contributed by atoms with van der Waals surface area (Å²) in [4.78, 5) is -0.248. The van der Waals surface area contributed by atoms with Gasteiger partial charge in [0.25, 0.3) is 0 Å². The highest BCUT2D eigenvalue weighted by Gasteiger charge is 2.16. The van der Waals surface area contributed by atoms with Crippen LogP contribution in [0.15, 0.2) is 22.7 Å². The first-order valence-corrected chi connectivity index (χ1v) is 5.04. The van der Waals surface area contributed by atoms with E-state index in [4.69, 9.17) is 15.1 Å². The lowest BCUT2D eigenvalue weighted by Crippen LogP contribution is -2.44. The first kappa shape index (κ1) is 4.01. The van der Waals surface area contributed by atoms with Crippen LogP contribution in [0.1, 0.15) is 20.6 Å². The van der Waals surface area contributed by atoms with E-state index in [1.54, 1.807) is 6.07 Å². The number of hydrogen-bond donors (Lipinski definition) is 0. The maximum absolute atomic E-state index is 9.33. The second kappa shape index (κ2) is 4.86. The molecule has 0 radical (unpaired) electrons. The Morgan fingerprint density at radius 3 is 2.81 bits per heavy atom. The Morgan fingerprint density at radius 1 is 1.44 bits per heavy atom. The number of rotatable bonds is 1. The van der Waals surface area contributed by atoms with E-state index in [2.05, 4.69) is 15.9 Å². The Kier molecular flexibility index (Phi) is 1.22. The Hall–Kier alpha value is -1.05. The van der Waals surface area contributed by atoms with E-state index < -0.39 is 43.6 Å². The van der Waals surface area contributed by atoms with Crippen LogP contribution in [0.25, 0.3) is 0 Å². The molecule has 0 atom stereocenters. The van der Waals surface area contributed by atoms with Gasteiger partial charge >= 0.3 is 0 Å². The summed E-state index contributed by atoms with van der Waals surface area (Å²) in [6.07, 6.45) is 0. The molecule has 0 amide bonds. The molecule has 0 unspecified atom stereocenters. The maximum Gasteiger partial charge on any atom is 0.101 e. The molecule has 3 nitrogen and oxygen atoms in total. The Labute approximate surface area is 120 Å². The number of hydrogen-bond acceptors (Lipinski definition) is 3. The zero-order valence-corrected chi connectivity index (χ0v) is 9.54. The molecule has 1 fully saturated rings. The minimum atomic E-state index is -3.48. The average Bonchev–Trinajstić information content (AvgIpc) is 2.44. The molecule has 1 aliphatic rings. The molecule has 0 bridgehead atoms. The number of likely N-dealkylation sites (N-methyl/N-ethyl adjacent to an activating group) is 1. The monoisotopic (exact) mass is 290 g/mol. The highest BCUT2D eigenvalue weighted by atomic mass is 79.9. The van der Waals surface area contributed by atoms with Crippen molar-refractivity contribution in [1.29, 1.82) is 5.26 Å². The normalized spacial score (nSPS) is 40.8. The van der Waals surface area contributed by atoms with Crippen LogP contribution in [-0.4, -0.2) is 37.9 Å². The van der Waals surface area contributed by atoms with Crippen LogP contribution in [0, 0.1) is 11.3 Å². The van der Waals surface area contributed by atoms with E-state index in [0.29, 0.717) is 4.47 Å². The lowest BCUT2D eigenvalue weighted by molar-refractivity contribution is 0.313. The molecule has 2 rings (SSSR count). The van der Waals surface area contributed by atoms with Gasteiger partial charge in [0.1, 0.15) is 6.07 Å². The van der Waals surface area contributed by atoms with Crippen molar-refractivity contribution >= 4 is 21.6 Å². The van der Waals surface area contributed by atoms with E-state index in [-0.39, 0.29) is 10.5 Å². The Balaban J connectivity index is 2.88. The molecule has 0 N–H and O–H groups in total. The fraction of sp³-hybridized carbons (Fsp3) is 0.417. The minimum absolute atomic E-state index is 0.160. The summed E-state index contributed by atoms with van der Waals surface area (Å²) in [5.41, 5.74) is -0.653. The zero-order chi connectivity index (χ0) is 21.2. The third-order valence-corrected chi connectivity index (χ3v) is 2.36. The van der Waals surface area contributed by atoms with Crippen molar-refractivity contribution in [2.24, 2.45) is 0 Å². The molecular weight excluding hydrogens is 266 g/mol. The standard InChI is InChI=1S/C12H14BrN3/c1-15-4-6-16(7-5-15)12-3-2-11(13)8-10(12)9-14/h2-3,8H,4-7H2,1H3/i1D3,4D2,5D2,6D2,7D2. The lowest BCUT2D eigenvalue weighted by Gasteiger charge is -2.34. The Morgan fingerprint density at radius 2 is 2.19 bits per heavy atom. The van der Waals surface area contributed by atoms with Crippen molar-refractivity contribution in [3.63, 3.8) is 0 Å². The molecule has 84 valence electrons. The van der Waals surface area contributed by atoms with Gasteiger partial charge in [0.05, 0.1) is 16.7 Å². The van der Waals surface area contributed by atoms with Gasteiger partial charge in [-0.05, 0) is 25.2 Å². The fourth-order valence-electron chi connectivity index (χ4n) is 1.17. The molecule has 4 heteroatoms. The summed E-state index contributed by atoms with van der Waals surface area (Å²) in [6.45, 7) is -17.1. The van der Waals surface area contributed by atoms with Crippen molar-refractivity contribution in [3.05, 3.63) is 28.2 Å². The van der Waals surface area contributed by atoms with Crippen molar-refractivity contribution < 1.29 is 15.1 Å². The topological polar surface area (TPSA) is 30.3 Å². The summed E-state index contributed by atoms with van der Waals surface area (Å²) in [5.74, 6) is 0. The number of anilines is 1. The van der Waals surface area contributed by atoms with Gasteiger partial charge in [-0.2, -0.15) is 5.26 Å². The summed E-state index contributed by atoms with van der Waals surface area (Å²) >= 11 is 3.11. The maximum atomic E-state index is 9.33. The average molecular weight is 291 g/mol. The van der Waals surface area contributed by atoms with Crippen LogP contribution in [0.4, 0.5) is 5.69 Å². The highest BCUT2D eigenvalue weighted by Crippen LogP contribution is 2.24. The number of benzene rings is 1. The quantitative estimate of drug-likeness (QED) is 0.793. The number of halogens is 1. The molecule has 0 aromatic heterocycles. The van der Waals surface area contributed by atoms with Crippen LogP contribution in [0.3, 0.4) is 0 Å². The molecule has 1 heterocycles. The summed E-state index contributed by atoms with van der Waals surface area (Å²) < 4.78 is 87.6. The van der Waals surface area contributed by atoms with Gasteiger partial charge in [0, 0.05) is 40.1 Å². The van der Waals surface area contributed by atoms with Crippen molar-refractivity contribution in [2.75, 3.05) is 37.9 Å². The van der Waals surface area contributed by atoms with Gasteiger partial charge in [-0.25, -0.2) is 0 Å². The van der Waals surface area contributed by atoms with Crippen LogP contribution >= 0.6 is 15.9 Å². The van der Waals surface area contributed by atoms with Crippen LogP contribution in [-0.2, 0) is 0 Å². The number of piperazine rings is 1. The van der Waals surface area contributed by atoms with Crippen molar-refractivity contribution in [2.45, 2.75) is 0 Å². The van der Waals surface area contributed by atoms with Crippen LogP contribution in [0.2, 0.25) is 0 Å². The van der Waals surface area contributed by atoms with E-state index >= 15 is 0 Å². The third-order valence-electron chi connectivity index (χ3n) is 1.87. The minimum Gasteiger partial charge on any atom is -0.368 e. The second-order valence-corrected chi connectivity index (χ2v) is 3.81. The van der Waals surface area contributed by atoms with E-state index in [9.17, 15) is 5.26 Å². The summed E-state index contributed by atoms with van der Waals surface area (Å²) in [7, 11) is 0. The molecule has 16 heavy (non-hydrogen) atoms. The summed E-state index contributed by atoms with van der Waals surface area (Å²) in [5, 5.41) is 9.33. The smallest absolute Gasteiger partial charge is 0.101 e. The Bertz CT molecular complexity index is 771. The van der Waals surface area contributed by atoms with Gasteiger partial charge in [0.2, 0.25) is 0 Å². The zero-order valence-electron chi connectivity index (χ0n) is 19.0. The number of nitriles is 1. The lowest BCUT2D eigenvalue weighted by atomic mass is 10.1. The third kappa shape index (κ3) is 2.37. The van der Waals surface area contributed by atoms with E-state index in [1.807, 2.05) is 0 Å². The predicted molar refractivity (Wildman–Crippen MR) is 68.6 cm³/mol. The molecule has 1 saturated heterocycles. The largest absolute Gasteiger partial charge is 0.368 e. The van der Waals surface area contributed by atoms with Gasteiger partial charge in [-0.1, -0.05) is 15.9 Å². The van der Waals surface area contributed by atoms with Crippen LogP contribution < -0.4 is 4.90 Å². The molecule has 0 aliphatic carbocycles. The van der Waals surface area contributed by atoms with E-state index in [0.717, 1.165) is 6.07 Å². The molecule has 1 aliphatic heterocycles. The van der Waals surface area contributed by atoms with Crippen LogP contribution in [0.5, 0.6) is 0 Å². The first-order valence-electron chi connectivity index (χ1n) is 9.74. The van der Waals surface area contributed by atoms with Gasteiger partial charge < -0.3 is 9.80 Å². The van der Waals surface area contributed by atoms with Gasteiger partial charge in [-0.15, -0.1) is 0 Å². The number of nitrogens with zero attached hydrogens (tertiary/aromatic N) is 3. The molecule has 0 saturated carbocycles.